The molecule has 7 nitrogen and oxygen atoms in total. The molecule has 4 rings (SSSR count). The molecule has 0 spiro atoms. The van der Waals surface area contributed by atoms with Crippen molar-refractivity contribution in [1.29, 1.82) is 0 Å². The lowest BCUT2D eigenvalue weighted by Gasteiger charge is -2.09. The van der Waals surface area contributed by atoms with Crippen LogP contribution in [-0.2, 0) is 0 Å². The number of rotatable bonds is 5. The molecular weight excluding hydrogens is 434 g/mol. The van der Waals surface area contributed by atoms with Gasteiger partial charge in [0.15, 0.2) is 0 Å². The van der Waals surface area contributed by atoms with Crippen LogP contribution in [0.15, 0.2) is 71.5 Å². The summed E-state index contributed by atoms with van der Waals surface area (Å²) >= 11 is 3.41. The lowest BCUT2D eigenvalue weighted by molar-refractivity contribution is 0.0958. The molecule has 2 N–H and O–H groups in total. The Balaban J connectivity index is 1.54. The number of ether oxygens (including phenoxy) is 1. The van der Waals surface area contributed by atoms with Gasteiger partial charge >= 0.3 is 0 Å². The first-order chi connectivity index (χ1) is 14.1. The summed E-state index contributed by atoms with van der Waals surface area (Å²) in [6.45, 7) is 0. The molecule has 4 aromatic rings. The number of pyridine rings is 1. The van der Waals surface area contributed by atoms with Gasteiger partial charge in [-0.1, -0.05) is 15.9 Å². The summed E-state index contributed by atoms with van der Waals surface area (Å²) in [5, 5.41) is 6.56. The standard InChI is InChI=1S/C21H16BrN5O2/c1-23-20(28)19-11-17(8-9-24-19)29-16-6-7-18-13(10-16)12-25-21(27-18)26-15-4-2-14(22)3-5-15/h2-12H,1H3,(H,23,28)(H,25,26,27). The summed E-state index contributed by atoms with van der Waals surface area (Å²) in [4.78, 5) is 24.7. The van der Waals surface area contributed by atoms with E-state index in [0.717, 1.165) is 21.1 Å². The maximum atomic E-state index is 11.7. The number of hydrogen-bond acceptors (Lipinski definition) is 6. The van der Waals surface area contributed by atoms with Crippen LogP contribution in [-0.4, -0.2) is 27.9 Å². The van der Waals surface area contributed by atoms with Crippen LogP contribution >= 0.6 is 15.9 Å². The van der Waals surface area contributed by atoms with Crippen molar-refractivity contribution in [3.8, 4) is 11.5 Å². The fraction of sp³-hybridized carbons (Fsp3) is 0.0476. The summed E-state index contributed by atoms with van der Waals surface area (Å²) in [7, 11) is 1.56. The largest absolute Gasteiger partial charge is 0.457 e. The molecule has 29 heavy (non-hydrogen) atoms. The van der Waals surface area contributed by atoms with Crippen LogP contribution in [0.3, 0.4) is 0 Å². The number of fused-ring (bicyclic) bond motifs is 1. The van der Waals surface area contributed by atoms with Crippen molar-refractivity contribution in [2.24, 2.45) is 0 Å². The lowest BCUT2D eigenvalue weighted by atomic mass is 10.2. The van der Waals surface area contributed by atoms with Crippen molar-refractivity contribution in [3.05, 3.63) is 77.2 Å². The lowest BCUT2D eigenvalue weighted by Crippen LogP contribution is -2.18. The fourth-order valence-electron chi connectivity index (χ4n) is 2.66. The van der Waals surface area contributed by atoms with E-state index in [1.807, 2.05) is 42.5 Å². The third-order valence-electron chi connectivity index (χ3n) is 4.08. The normalized spacial score (nSPS) is 10.6. The average Bonchev–Trinajstić information content (AvgIpc) is 2.75. The van der Waals surface area contributed by atoms with Gasteiger partial charge < -0.3 is 15.4 Å². The highest BCUT2D eigenvalue weighted by atomic mass is 79.9. The number of benzene rings is 2. The molecule has 8 heteroatoms. The van der Waals surface area contributed by atoms with E-state index in [-0.39, 0.29) is 11.6 Å². The maximum absolute atomic E-state index is 11.7. The van der Waals surface area contributed by atoms with Gasteiger partial charge in [0.25, 0.3) is 5.91 Å². The van der Waals surface area contributed by atoms with Crippen molar-refractivity contribution in [2.45, 2.75) is 0 Å². The topological polar surface area (TPSA) is 89.0 Å². The van der Waals surface area contributed by atoms with E-state index in [0.29, 0.717) is 17.4 Å². The average molecular weight is 450 g/mol. The van der Waals surface area contributed by atoms with E-state index in [1.54, 1.807) is 25.4 Å². The zero-order chi connectivity index (χ0) is 20.2. The number of carbonyl (C=O) groups excluding carboxylic acids is 1. The number of aromatic nitrogens is 3. The predicted octanol–water partition coefficient (Wildman–Crippen LogP) is 4.68. The number of halogens is 1. The Morgan fingerprint density at radius 3 is 2.59 bits per heavy atom. The maximum Gasteiger partial charge on any atom is 0.269 e. The van der Waals surface area contributed by atoms with Crippen LogP contribution in [0.25, 0.3) is 10.9 Å². The first-order valence-electron chi connectivity index (χ1n) is 8.76. The molecule has 0 saturated carbocycles. The predicted molar refractivity (Wildman–Crippen MR) is 115 cm³/mol. The van der Waals surface area contributed by atoms with Gasteiger partial charge in [-0.25, -0.2) is 9.97 Å². The van der Waals surface area contributed by atoms with Crippen LogP contribution in [0.1, 0.15) is 10.5 Å². The second kappa shape index (κ2) is 8.24. The Kier molecular flexibility index (Phi) is 5.35. The highest BCUT2D eigenvalue weighted by Gasteiger charge is 2.08. The monoisotopic (exact) mass is 449 g/mol. The van der Waals surface area contributed by atoms with Gasteiger partial charge in [-0.3, -0.25) is 9.78 Å². The third kappa shape index (κ3) is 4.49. The van der Waals surface area contributed by atoms with E-state index in [2.05, 4.69) is 41.5 Å². The van der Waals surface area contributed by atoms with Gasteiger partial charge in [0.1, 0.15) is 17.2 Å². The smallest absolute Gasteiger partial charge is 0.269 e. The van der Waals surface area contributed by atoms with Crippen LogP contribution < -0.4 is 15.4 Å². The number of nitrogens with zero attached hydrogens (tertiary/aromatic N) is 3. The zero-order valence-corrected chi connectivity index (χ0v) is 17.0. The Morgan fingerprint density at radius 1 is 1.00 bits per heavy atom. The van der Waals surface area contributed by atoms with Gasteiger partial charge in [-0.05, 0) is 48.5 Å². The Bertz CT molecular complexity index is 1180. The molecule has 0 saturated heterocycles. The quantitative estimate of drug-likeness (QED) is 0.459. The Labute approximate surface area is 175 Å². The van der Waals surface area contributed by atoms with Gasteiger partial charge in [-0.2, -0.15) is 0 Å². The van der Waals surface area contributed by atoms with E-state index in [4.69, 9.17) is 4.74 Å². The molecule has 1 amide bonds. The minimum atomic E-state index is -0.270. The summed E-state index contributed by atoms with van der Waals surface area (Å²) < 4.78 is 6.87. The Morgan fingerprint density at radius 2 is 1.79 bits per heavy atom. The molecule has 0 aliphatic heterocycles. The van der Waals surface area contributed by atoms with E-state index in [9.17, 15) is 4.79 Å². The molecule has 0 atom stereocenters. The van der Waals surface area contributed by atoms with Crippen molar-refractivity contribution < 1.29 is 9.53 Å². The van der Waals surface area contributed by atoms with E-state index >= 15 is 0 Å². The summed E-state index contributed by atoms with van der Waals surface area (Å²) in [5.41, 5.74) is 1.97. The minimum absolute atomic E-state index is 0.270. The van der Waals surface area contributed by atoms with Gasteiger partial charge in [0, 0.05) is 41.1 Å². The van der Waals surface area contributed by atoms with Crippen molar-refractivity contribution in [3.63, 3.8) is 0 Å². The van der Waals surface area contributed by atoms with Crippen LogP contribution in [0, 0.1) is 0 Å². The van der Waals surface area contributed by atoms with E-state index < -0.39 is 0 Å². The van der Waals surface area contributed by atoms with Crippen LogP contribution in [0.2, 0.25) is 0 Å². The molecule has 0 aliphatic rings. The highest BCUT2D eigenvalue weighted by molar-refractivity contribution is 9.10. The Hall–Kier alpha value is -3.52. The second-order valence-electron chi connectivity index (χ2n) is 6.10. The van der Waals surface area contributed by atoms with Crippen molar-refractivity contribution in [1.82, 2.24) is 20.3 Å². The van der Waals surface area contributed by atoms with Gasteiger partial charge in [0.05, 0.1) is 5.52 Å². The number of hydrogen-bond donors (Lipinski definition) is 2. The van der Waals surface area contributed by atoms with Gasteiger partial charge in [0.2, 0.25) is 5.95 Å². The molecule has 2 aromatic carbocycles. The fourth-order valence-corrected chi connectivity index (χ4v) is 2.92. The SMILES string of the molecule is CNC(=O)c1cc(Oc2ccc3nc(Nc4ccc(Br)cc4)ncc3c2)ccn1. The van der Waals surface area contributed by atoms with Crippen molar-refractivity contribution in [2.75, 3.05) is 12.4 Å². The first kappa shape index (κ1) is 18.8. The van der Waals surface area contributed by atoms with Gasteiger partial charge in [-0.15, -0.1) is 0 Å². The number of anilines is 2. The molecule has 0 unspecified atom stereocenters. The molecule has 2 heterocycles. The molecule has 0 aliphatic carbocycles. The van der Waals surface area contributed by atoms with E-state index in [1.165, 1.54) is 6.20 Å². The summed E-state index contributed by atoms with van der Waals surface area (Å²) in [6.07, 6.45) is 3.27. The minimum Gasteiger partial charge on any atom is -0.457 e. The first-order valence-corrected chi connectivity index (χ1v) is 9.55. The zero-order valence-electron chi connectivity index (χ0n) is 15.4. The summed E-state index contributed by atoms with van der Waals surface area (Å²) in [6, 6.07) is 16.6. The molecule has 0 fully saturated rings. The molecule has 2 aromatic heterocycles. The number of amides is 1. The number of carbonyl (C=O) groups is 1. The molecule has 0 radical (unpaired) electrons. The third-order valence-corrected chi connectivity index (χ3v) is 4.61. The molecule has 144 valence electrons. The molecular formula is C21H16BrN5O2. The molecule has 0 bridgehead atoms. The number of nitrogens with one attached hydrogen (secondary N) is 2. The summed E-state index contributed by atoms with van der Waals surface area (Å²) in [5.74, 6) is 1.38. The second-order valence-corrected chi connectivity index (χ2v) is 7.02. The van der Waals surface area contributed by atoms with Crippen LogP contribution in [0.4, 0.5) is 11.6 Å². The highest BCUT2D eigenvalue weighted by Crippen LogP contribution is 2.26. The van der Waals surface area contributed by atoms with Crippen LogP contribution in [0.5, 0.6) is 11.5 Å². The van der Waals surface area contributed by atoms with Crippen molar-refractivity contribution >= 4 is 44.4 Å².